The number of hydrogen-bond donors (Lipinski definition) is 1. The minimum atomic E-state index is -1.34. The molecule has 1 aromatic rings. The maximum atomic E-state index is 10.0. The van der Waals surface area contributed by atoms with Crippen LogP contribution in [0.2, 0.25) is 18.1 Å². The normalized spacial score (nSPS) is 12.6. The SMILES string of the molecule is CC(C)C[Si](CSc1ccccc1O)(CC(C)C)CC(C)C. The van der Waals surface area contributed by atoms with Gasteiger partial charge in [-0.05, 0) is 35.3 Å². The van der Waals surface area contributed by atoms with Gasteiger partial charge in [0.05, 0.1) is 8.07 Å². The fourth-order valence-corrected chi connectivity index (χ4v) is 13.2. The second kappa shape index (κ2) is 9.02. The van der Waals surface area contributed by atoms with E-state index in [2.05, 4.69) is 47.6 Å². The molecule has 0 aliphatic carbocycles. The summed E-state index contributed by atoms with van der Waals surface area (Å²) >= 11 is 1.89. The molecule has 1 nitrogen and oxygen atoms in total. The molecule has 0 heterocycles. The van der Waals surface area contributed by atoms with Gasteiger partial charge in [0.25, 0.3) is 0 Å². The van der Waals surface area contributed by atoms with Crippen molar-refractivity contribution in [1.29, 1.82) is 0 Å². The van der Waals surface area contributed by atoms with Crippen molar-refractivity contribution in [3.8, 4) is 5.75 Å². The first-order valence-corrected chi connectivity index (χ1v) is 12.5. The van der Waals surface area contributed by atoms with Gasteiger partial charge < -0.3 is 5.11 Å². The summed E-state index contributed by atoms with van der Waals surface area (Å²) in [6, 6.07) is 12.0. The van der Waals surface area contributed by atoms with Gasteiger partial charge in [0.1, 0.15) is 5.75 Å². The van der Waals surface area contributed by atoms with Gasteiger partial charge in [-0.1, -0.05) is 71.8 Å². The zero-order chi connectivity index (χ0) is 16.8. The number of para-hydroxylation sites is 1. The van der Waals surface area contributed by atoms with E-state index in [0.717, 1.165) is 22.6 Å². The van der Waals surface area contributed by atoms with Crippen molar-refractivity contribution in [2.45, 2.75) is 64.6 Å². The summed E-state index contributed by atoms with van der Waals surface area (Å²) < 4.78 is 0. The van der Waals surface area contributed by atoms with Crippen LogP contribution in [0.15, 0.2) is 29.2 Å². The molecule has 0 amide bonds. The number of rotatable bonds is 9. The van der Waals surface area contributed by atoms with Crippen LogP contribution in [0.4, 0.5) is 0 Å². The number of hydrogen-bond acceptors (Lipinski definition) is 2. The van der Waals surface area contributed by atoms with Crippen molar-refractivity contribution in [1.82, 2.24) is 0 Å². The summed E-state index contributed by atoms with van der Waals surface area (Å²) in [6.07, 6.45) is 0. The smallest absolute Gasteiger partial charge is 0.129 e. The standard InChI is InChI=1S/C19H34OSSi/c1-15(2)11-22(12-16(3)4,13-17(5)6)14-21-19-10-8-7-9-18(19)20/h7-10,15-17,20H,11-14H2,1-6H3. The average molecular weight is 339 g/mol. The molecule has 22 heavy (non-hydrogen) atoms. The van der Waals surface area contributed by atoms with Crippen LogP contribution in [-0.2, 0) is 0 Å². The molecule has 0 unspecified atom stereocenters. The summed E-state index contributed by atoms with van der Waals surface area (Å²) in [5.74, 6) is 2.76. The topological polar surface area (TPSA) is 20.2 Å². The molecule has 0 atom stereocenters. The predicted octanol–water partition coefficient (Wildman–Crippen LogP) is 6.44. The highest BCUT2D eigenvalue weighted by molar-refractivity contribution is 8.01. The molecular formula is C19H34OSSi. The maximum Gasteiger partial charge on any atom is 0.129 e. The Hall–Kier alpha value is -0.413. The summed E-state index contributed by atoms with van der Waals surface area (Å²) in [4.78, 5) is 1.05. The summed E-state index contributed by atoms with van der Waals surface area (Å²) in [5.41, 5.74) is 0. The summed E-state index contributed by atoms with van der Waals surface area (Å²) in [6.45, 7) is 14.2. The molecule has 1 rings (SSSR count). The average Bonchev–Trinajstić information content (AvgIpc) is 2.35. The molecule has 3 heteroatoms. The van der Waals surface area contributed by atoms with E-state index in [0.29, 0.717) is 5.75 Å². The molecule has 0 bridgehead atoms. The van der Waals surface area contributed by atoms with Gasteiger partial charge in [-0.25, -0.2) is 0 Å². The monoisotopic (exact) mass is 338 g/mol. The van der Waals surface area contributed by atoms with Gasteiger partial charge in [-0.3, -0.25) is 0 Å². The van der Waals surface area contributed by atoms with Gasteiger partial charge in [0, 0.05) is 4.90 Å². The van der Waals surface area contributed by atoms with Crippen molar-refractivity contribution in [3.05, 3.63) is 24.3 Å². The fraction of sp³-hybridized carbons (Fsp3) is 0.684. The van der Waals surface area contributed by atoms with Gasteiger partial charge in [0.15, 0.2) is 0 Å². The Morgan fingerprint density at radius 1 is 0.864 bits per heavy atom. The second-order valence-corrected chi connectivity index (χ2v) is 14.2. The van der Waals surface area contributed by atoms with Crippen LogP contribution in [0.3, 0.4) is 0 Å². The molecular weight excluding hydrogens is 304 g/mol. The third kappa shape index (κ3) is 6.78. The van der Waals surface area contributed by atoms with E-state index < -0.39 is 8.07 Å². The lowest BCUT2D eigenvalue weighted by atomic mass is 10.2. The molecule has 1 aromatic carbocycles. The minimum Gasteiger partial charge on any atom is -0.507 e. The predicted molar refractivity (Wildman–Crippen MR) is 104 cm³/mol. The van der Waals surface area contributed by atoms with E-state index in [4.69, 9.17) is 0 Å². The van der Waals surface area contributed by atoms with Crippen LogP contribution in [0.5, 0.6) is 5.75 Å². The number of phenols is 1. The van der Waals surface area contributed by atoms with Crippen LogP contribution in [0.25, 0.3) is 0 Å². The maximum absolute atomic E-state index is 10.0. The first-order chi connectivity index (χ1) is 10.2. The molecule has 0 aliphatic heterocycles. The lowest BCUT2D eigenvalue weighted by Crippen LogP contribution is -2.41. The van der Waals surface area contributed by atoms with E-state index in [-0.39, 0.29) is 0 Å². The quantitative estimate of drug-likeness (QED) is 0.413. The zero-order valence-electron chi connectivity index (χ0n) is 15.2. The number of aromatic hydroxyl groups is 1. The van der Waals surface area contributed by atoms with Gasteiger partial charge in [-0.15, -0.1) is 11.8 Å². The Bertz CT molecular complexity index is 416. The van der Waals surface area contributed by atoms with Crippen molar-refractivity contribution >= 4 is 19.8 Å². The molecule has 126 valence electrons. The Labute approximate surface area is 142 Å². The third-order valence-electron chi connectivity index (χ3n) is 3.92. The van der Waals surface area contributed by atoms with E-state index in [1.54, 1.807) is 6.07 Å². The largest absolute Gasteiger partial charge is 0.507 e. The molecule has 1 N–H and O–H groups in total. The first kappa shape index (κ1) is 19.6. The number of thioether (sulfide) groups is 1. The second-order valence-electron chi connectivity index (χ2n) is 8.05. The lowest BCUT2D eigenvalue weighted by Gasteiger charge is -2.36. The third-order valence-corrected chi connectivity index (χ3v) is 12.7. The Balaban J connectivity index is 2.93. The number of benzene rings is 1. The molecule has 0 fully saturated rings. The van der Waals surface area contributed by atoms with Crippen LogP contribution in [-0.4, -0.2) is 18.6 Å². The zero-order valence-corrected chi connectivity index (χ0v) is 17.0. The highest BCUT2D eigenvalue weighted by Crippen LogP contribution is 2.38. The Morgan fingerprint density at radius 2 is 1.32 bits per heavy atom. The minimum absolute atomic E-state index is 0.439. The number of phenolic OH excluding ortho intramolecular Hbond substituents is 1. The van der Waals surface area contributed by atoms with E-state index in [9.17, 15) is 5.11 Å². The van der Waals surface area contributed by atoms with Crippen LogP contribution >= 0.6 is 11.8 Å². The summed E-state index contributed by atoms with van der Waals surface area (Å²) in [5, 5.41) is 11.3. The van der Waals surface area contributed by atoms with E-state index in [1.165, 1.54) is 23.5 Å². The van der Waals surface area contributed by atoms with Gasteiger partial charge in [0.2, 0.25) is 0 Å². The van der Waals surface area contributed by atoms with Crippen molar-refractivity contribution < 1.29 is 5.11 Å². The molecule has 0 saturated carbocycles. The molecule has 0 aliphatic rings. The van der Waals surface area contributed by atoms with Crippen LogP contribution < -0.4 is 0 Å². The highest BCUT2D eigenvalue weighted by atomic mass is 32.2. The Kier molecular flexibility index (Phi) is 8.05. The lowest BCUT2D eigenvalue weighted by molar-refractivity contribution is 0.462. The van der Waals surface area contributed by atoms with Crippen molar-refractivity contribution in [2.24, 2.45) is 17.8 Å². The Morgan fingerprint density at radius 3 is 1.73 bits per heavy atom. The molecule has 0 spiro atoms. The van der Waals surface area contributed by atoms with Gasteiger partial charge in [-0.2, -0.15) is 0 Å². The molecule has 0 aromatic heterocycles. The summed E-state index contributed by atoms with van der Waals surface area (Å²) in [7, 11) is -1.34. The molecule has 0 radical (unpaired) electrons. The fourth-order valence-electron chi connectivity index (χ4n) is 3.83. The molecule has 0 saturated heterocycles. The van der Waals surface area contributed by atoms with E-state index in [1.807, 2.05) is 23.9 Å². The van der Waals surface area contributed by atoms with Crippen molar-refractivity contribution in [2.75, 3.05) is 5.38 Å². The van der Waals surface area contributed by atoms with Crippen molar-refractivity contribution in [3.63, 3.8) is 0 Å². The van der Waals surface area contributed by atoms with Gasteiger partial charge >= 0.3 is 0 Å². The van der Waals surface area contributed by atoms with Crippen LogP contribution in [0.1, 0.15) is 41.5 Å². The first-order valence-electron chi connectivity index (χ1n) is 8.65. The van der Waals surface area contributed by atoms with Crippen LogP contribution in [0, 0.1) is 17.8 Å². The van der Waals surface area contributed by atoms with E-state index >= 15 is 0 Å². The highest BCUT2D eigenvalue weighted by Gasteiger charge is 2.35.